The maximum atomic E-state index is 12.7. The van der Waals surface area contributed by atoms with Crippen molar-refractivity contribution in [1.82, 2.24) is 10.6 Å². The van der Waals surface area contributed by atoms with Crippen LogP contribution in [0.4, 0.5) is 5.69 Å². The van der Waals surface area contributed by atoms with Gasteiger partial charge in [0.15, 0.2) is 0 Å². The van der Waals surface area contributed by atoms with E-state index < -0.39 is 17.9 Å². The molecule has 2 rings (SSSR count). The van der Waals surface area contributed by atoms with Crippen LogP contribution in [0, 0.1) is 5.92 Å². The highest BCUT2D eigenvalue weighted by Gasteiger charge is 2.24. The third-order valence-corrected chi connectivity index (χ3v) is 4.11. The molecule has 29 heavy (non-hydrogen) atoms. The molecule has 0 aliphatic carbocycles. The van der Waals surface area contributed by atoms with Gasteiger partial charge in [-0.1, -0.05) is 32.0 Å². The van der Waals surface area contributed by atoms with E-state index in [0.717, 1.165) is 0 Å². The van der Waals surface area contributed by atoms with Gasteiger partial charge in [0.25, 0.3) is 11.8 Å². The average molecular weight is 396 g/mol. The number of benzene rings is 2. The Morgan fingerprint density at radius 3 is 2.00 bits per heavy atom. The lowest BCUT2D eigenvalue weighted by Crippen LogP contribution is -2.47. The van der Waals surface area contributed by atoms with Gasteiger partial charge in [-0.3, -0.25) is 19.2 Å². The lowest BCUT2D eigenvalue weighted by Gasteiger charge is -2.22. The van der Waals surface area contributed by atoms with E-state index >= 15 is 0 Å². The van der Waals surface area contributed by atoms with E-state index in [0.29, 0.717) is 16.8 Å². The Kier molecular flexibility index (Phi) is 7.47. The first-order valence-corrected chi connectivity index (χ1v) is 9.11. The molecule has 0 bridgehead atoms. The molecule has 0 saturated heterocycles. The third kappa shape index (κ3) is 6.46. The maximum Gasteiger partial charge on any atom is 0.251 e. The Balaban J connectivity index is 2.01. The molecule has 2 aromatic carbocycles. The normalized spacial score (nSPS) is 11.4. The van der Waals surface area contributed by atoms with Crippen LogP contribution in [0.5, 0.6) is 0 Å². The van der Waals surface area contributed by atoms with E-state index in [1.165, 1.54) is 12.1 Å². The summed E-state index contributed by atoms with van der Waals surface area (Å²) in [6.07, 6.45) is 0. The smallest absolute Gasteiger partial charge is 0.251 e. The Bertz CT molecular complexity index is 879. The SMILES string of the molecule is CC(C)C(NC(=O)c1ccccc1)C(=O)Nc1ccc(C(=O)NCC(N)=O)cc1. The molecule has 0 fully saturated rings. The lowest BCUT2D eigenvalue weighted by atomic mass is 10.0. The van der Waals surface area contributed by atoms with Crippen molar-refractivity contribution in [3.63, 3.8) is 0 Å². The predicted molar refractivity (Wildman–Crippen MR) is 109 cm³/mol. The highest BCUT2D eigenvalue weighted by molar-refractivity contribution is 6.02. The van der Waals surface area contributed by atoms with Crippen molar-refractivity contribution in [1.29, 1.82) is 0 Å². The van der Waals surface area contributed by atoms with Gasteiger partial charge >= 0.3 is 0 Å². The Morgan fingerprint density at radius 2 is 1.45 bits per heavy atom. The number of rotatable bonds is 8. The fraction of sp³-hybridized carbons (Fsp3) is 0.238. The second kappa shape index (κ2) is 10.0. The van der Waals surface area contributed by atoms with Crippen LogP contribution in [-0.4, -0.2) is 36.2 Å². The summed E-state index contributed by atoms with van der Waals surface area (Å²) in [5.41, 5.74) is 6.26. The van der Waals surface area contributed by atoms with Crippen LogP contribution in [0.1, 0.15) is 34.6 Å². The number of carbonyl (C=O) groups excluding carboxylic acids is 4. The van der Waals surface area contributed by atoms with E-state index in [1.54, 1.807) is 42.5 Å². The molecule has 0 aromatic heterocycles. The van der Waals surface area contributed by atoms with Crippen molar-refractivity contribution >= 4 is 29.3 Å². The molecule has 8 nitrogen and oxygen atoms in total. The second-order valence-electron chi connectivity index (χ2n) is 6.78. The maximum absolute atomic E-state index is 12.7. The van der Waals surface area contributed by atoms with E-state index in [1.807, 2.05) is 13.8 Å². The van der Waals surface area contributed by atoms with Gasteiger partial charge in [0.05, 0.1) is 6.54 Å². The molecule has 1 unspecified atom stereocenters. The van der Waals surface area contributed by atoms with E-state index in [2.05, 4.69) is 16.0 Å². The molecule has 0 spiro atoms. The molecule has 0 aliphatic heterocycles. The number of amides is 4. The fourth-order valence-electron chi connectivity index (χ4n) is 2.54. The average Bonchev–Trinajstić information content (AvgIpc) is 2.70. The summed E-state index contributed by atoms with van der Waals surface area (Å²) in [6.45, 7) is 3.41. The molecular weight excluding hydrogens is 372 g/mol. The van der Waals surface area contributed by atoms with Crippen LogP contribution in [0.25, 0.3) is 0 Å². The molecule has 0 radical (unpaired) electrons. The highest BCUT2D eigenvalue weighted by atomic mass is 16.2. The van der Waals surface area contributed by atoms with Crippen LogP contribution >= 0.6 is 0 Å². The molecular formula is C21H24N4O4. The number of hydrogen-bond acceptors (Lipinski definition) is 4. The van der Waals surface area contributed by atoms with Gasteiger partial charge < -0.3 is 21.7 Å². The molecule has 8 heteroatoms. The van der Waals surface area contributed by atoms with Crippen molar-refractivity contribution in [2.75, 3.05) is 11.9 Å². The minimum absolute atomic E-state index is 0.137. The van der Waals surface area contributed by atoms with Gasteiger partial charge in [-0.05, 0) is 42.3 Å². The van der Waals surface area contributed by atoms with Gasteiger partial charge in [0, 0.05) is 16.8 Å². The monoisotopic (exact) mass is 396 g/mol. The van der Waals surface area contributed by atoms with Crippen LogP contribution in [0.2, 0.25) is 0 Å². The first-order chi connectivity index (χ1) is 13.8. The highest BCUT2D eigenvalue weighted by Crippen LogP contribution is 2.12. The van der Waals surface area contributed by atoms with Gasteiger partial charge in [-0.2, -0.15) is 0 Å². The first kappa shape index (κ1) is 21.6. The number of nitrogens with one attached hydrogen (secondary N) is 3. The fourth-order valence-corrected chi connectivity index (χ4v) is 2.54. The van der Waals surface area contributed by atoms with Crippen molar-refractivity contribution in [2.45, 2.75) is 19.9 Å². The predicted octanol–water partition coefficient (Wildman–Crippen LogP) is 1.29. The van der Waals surface area contributed by atoms with Crippen LogP contribution in [0.15, 0.2) is 54.6 Å². The lowest BCUT2D eigenvalue weighted by molar-refractivity contribution is -0.119. The Hall–Kier alpha value is -3.68. The molecule has 2 aromatic rings. The van der Waals surface area contributed by atoms with E-state index in [9.17, 15) is 19.2 Å². The zero-order valence-corrected chi connectivity index (χ0v) is 16.3. The molecule has 0 heterocycles. The van der Waals surface area contributed by atoms with Gasteiger partial charge in [0.2, 0.25) is 11.8 Å². The Labute approximate surface area is 168 Å². The number of carbonyl (C=O) groups is 4. The van der Waals surface area contributed by atoms with Gasteiger partial charge in [-0.25, -0.2) is 0 Å². The molecule has 0 aliphatic rings. The number of anilines is 1. The summed E-state index contributed by atoms with van der Waals surface area (Å²) >= 11 is 0. The summed E-state index contributed by atoms with van der Waals surface area (Å²) < 4.78 is 0. The van der Waals surface area contributed by atoms with Crippen LogP contribution in [-0.2, 0) is 9.59 Å². The first-order valence-electron chi connectivity index (χ1n) is 9.11. The summed E-state index contributed by atoms with van der Waals surface area (Å²) in [5.74, 6) is -1.92. The molecule has 4 amide bonds. The standard InChI is InChI=1S/C21H24N4O4/c1-13(2)18(25-20(28)14-6-4-3-5-7-14)21(29)24-16-10-8-15(9-11-16)19(27)23-12-17(22)26/h3-11,13,18H,12H2,1-2H3,(H2,22,26)(H,23,27)(H,24,29)(H,25,28). The van der Waals surface area contributed by atoms with Crippen molar-refractivity contribution < 1.29 is 19.2 Å². The zero-order chi connectivity index (χ0) is 21.4. The number of primary amides is 1. The summed E-state index contributed by atoms with van der Waals surface area (Å²) in [5, 5.41) is 7.87. The molecule has 152 valence electrons. The van der Waals surface area contributed by atoms with Crippen molar-refractivity contribution in [3.05, 3.63) is 65.7 Å². The zero-order valence-electron chi connectivity index (χ0n) is 16.3. The van der Waals surface area contributed by atoms with Gasteiger partial charge in [0.1, 0.15) is 6.04 Å². The molecule has 5 N–H and O–H groups in total. The van der Waals surface area contributed by atoms with Gasteiger partial charge in [-0.15, -0.1) is 0 Å². The van der Waals surface area contributed by atoms with Crippen LogP contribution < -0.4 is 21.7 Å². The van der Waals surface area contributed by atoms with E-state index in [-0.39, 0.29) is 24.3 Å². The topological polar surface area (TPSA) is 130 Å². The number of nitrogens with two attached hydrogens (primary N) is 1. The third-order valence-electron chi connectivity index (χ3n) is 4.11. The number of hydrogen-bond donors (Lipinski definition) is 4. The molecule has 0 saturated carbocycles. The second-order valence-corrected chi connectivity index (χ2v) is 6.78. The molecule has 1 atom stereocenters. The van der Waals surface area contributed by atoms with Crippen molar-refractivity contribution in [2.24, 2.45) is 11.7 Å². The minimum atomic E-state index is -0.735. The quantitative estimate of drug-likeness (QED) is 0.536. The largest absolute Gasteiger partial charge is 0.368 e. The summed E-state index contributed by atoms with van der Waals surface area (Å²) in [7, 11) is 0. The van der Waals surface area contributed by atoms with E-state index in [4.69, 9.17) is 5.73 Å². The van der Waals surface area contributed by atoms with Crippen molar-refractivity contribution in [3.8, 4) is 0 Å². The minimum Gasteiger partial charge on any atom is -0.368 e. The van der Waals surface area contributed by atoms with Crippen LogP contribution in [0.3, 0.4) is 0 Å². The summed E-state index contributed by atoms with van der Waals surface area (Å²) in [4.78, 5) is 47.6. The Morgan fingerprint density at radius 1 is 0.862 bits per heavy atom. The summed E-state index contributed by atoms with van der Waals surface area (Å²) in [6, 6.07) is 14.1.